The van der Waals surface area contributed by atoms with Crippen molar-refractivity contribution in [3.63, 3.8) is 0 Å². The molecule has 0 spiro atoms. The lowest BCUT2D eigenvalue weighted by Crippen LogP contribution is -2.40. The maximum atomic E-state index is 13.4. The van der Waals surface area contributed by atoms with Gasteiger partial charge < -0.3 is 4.74 Å². The van der Waals surface area contributed by atoms with E-state index in [1.165, 1.54) is 18.3 Å². The van der Waals surface area contributed by atoms with E-state index < -0.39 is 22.5 Å². The molecule has 35 heavy (non-hydrogen) atoms. The molecule has 0 bridgehead atoms. The molecule has 3 aromatic carbocycles. The fraction of sp³-hybridized carbons (Fsp3) is 0.200. The molecule has 7 nitrogen and oxygen atoms in total. The van der Waals surface area contributed by atoms with Gasteiger partial charge in [0.15, 0.2) is 0 Å². The number of hydrazone groups is 1. The van der Waals surface area contributed by atoms with Gasteiger partial charge in [0.25, 0.3) is 15.9 Å². The predicted octanol–water partition coefficient (Wildman–Crippen LogP) is 4.49. The van der Waals surface area contributed by atoms with E-state index in [1.807, 2.05) is 36.0 Å². The van der Waals surface area contributed by atoms with Crippen molar-refractivity contribution in [2.75, 3.05) is 22.4 Å². The van der Waals surface area contributed by atoms with Crippen LogP contribution in [0.5, 0.6) is 5.75 Å². The number of ether oxygens (including phenoxy) is 1. The van der Waals surface area contributed by atoms with Gasteiger partial charge in [-0.3, -0.25) is 9.10 Å². The van der Waals surface area contributed by atoms with E-state index in [2.05, 4.69) is 10.5 Å². The van der Waals surface area contributed by atoms with Crippen LogP contribution in [-0.2, 0) is 14.8 Å². The van der Waals surface area contributed by atoms with Crippen LogP contribution < -0.4 is 14.5 Å². The third kappa shape index (κ3) is 6.17. The smallest absolute Gasteiger partial charge is 0.264 e. The molecule has 4 rings (SSSR count). The first-order valence-electron chi connectivity index (χ1n) is 10.8. The highest BCUT2D eigenvalue weighted by Gasteiger charge is 2.28. The maximum Gasteiger partial charge on any atom is 0.264 e. The summed E-state index contributed by atoms with van der Waals surface area (Å²) >= 11 is 8.08. The molecule has 0 atom stereocenters. The Labute approximate surface area is 214 Å². The minimum absolute atomic E-state index is 0.0670. The number of benzene rings is 3. The summed E-state index contributed by atoms with van der Waals surface area (Å²) in [5.74, 6) is 2.09. The quantitative estimate of drug-likeness (QED) is 0.326. The highest BCUT2D eigenvalue weighted by molar-refractivity contribution is 8.00. The van der Waals surface area contributed by atoms with Gasteiger partial charge in [-0.25, -0.2) is 13.8 Å². The Kier molecular flexibility index (Phi) is 8.00. The highest BCUT2D eigenvalue weighted by Crippen LogP contribution is 2.30. The molecule has 1 aliphatic rings. The van der Waals surface area contributed by atoms with Gasteiger partial charge in [-0.1, -0.05) is 48.0 Å². The van der Waals surface area contributed by atoms with Gasteiger partial charge in [-0.2, -0.15) is 16.9 Å². The second-order valence-corrected chi connectivity index (χ2v) is 11.2. The topological polar surface area (TPSA) is 88.1 Å². The maximum absolute atomic E-state index is 13.4. The molecular weight excluding hydrogens is 506 g/mol. The molecule has 10 heteroatoms. The van der Waals surface area contributed by atoms with Crippen LogP contribution in [0.4, 0.5) is 5.69 Å². The van der Waals surface area contributed by atoms with E-state index in [1.54, 1.807) is 43.3 Å². The fourth-order valence-corrected chi connectivity index (χ4v) is 5.61. The number of sulfonamides is 1. The minimum atomic E-state index is -4.04. The number of anilines is 1. The molecule has 1 fully saturated rings. The molecule has 1 heterocycles. The van der Waals surface area contributed by atoms with Gasteiger partial charge in [0.1, 0.15) is 18.4 Å². The third-order valence-corrected chi connectivity index (χ3v) is 8.70. The second-order valence-electron chi connectivity index (χ2n) is 7.85. The summed E-state index contributed by atoms with van der Waals surface area (Å²) in [4.78, 5) is 12.8. The van der Waals surface area contributed by atoms with Gasteiger partial charge in [0.2, 0.25) is 0 Å². The Morgan fingerprint density at radius 1 is 1.14 bits per heavy atom. The Hall–Kier alpha value is -3.01. The van der Waals surface area contributed by atoms with Gasteiger partial charge in [-0.15, -0.1) is 0 Å². The monoisotopic (exact) mass is 529 g/mol. The SMILES string of the molecule is Cc1c(Cl)cccc1N(CC(=O)N/N=C\c1cccc(OC2CSC2)c1)S(=O)(=O)c1ccccc1. The van der Waals surface area contributed by atoms with Gasteiger partial charge in [0, 0.05) is 16.5 Å². The zero-order valence-electron chi connectivity index (χ0n) is 18.9. The normalized spacial score (nSPS) is 13.9. The second kappa shape index (κ2) is 11.2. The number of hydrogen-bond acceptors (Lipinski definition) is 6. The minimum Gasteiger partial charge on any atom is -0.489 e. The molecule has 1 amide bonds. The molecule has 0 saturated carbocycles. The first-order chi connectivity index (χ1) is 16.8. The Morgan fingerprint density at radius 2 is 1.89 bits per heavy atom. The van der Waals surface area contributed by atoms with Gasteiger partial charge in [-0.05, 0) is 54.4 Å². The lowest BCUT2D eigenvalue weighted by atomic mass is 10.2. The molecule has 0 unspecified atom stereocenters. The highest BCUT2D eigenvalue weighted by atomic mass is 35.5. The van der Waals surface area contributed by atoms with Crippen LogP contribution in [0.25, 0.3) is 0 Å². The Morgan fingerprint density at radius 3 is 2.60 bits per heavy atom. The largest absolute Gasteiger partial charge is 0.489 e. The zero-order chi connectivity index (χ0) is 24.8. The molecular formula is C25H24ClN3O4S2. The average Bonchev–Trinajstić information content (AvgIpc) is 2.83. The van der Waals surface area contributed by atoms with Crippen molar-refractivity contribution in [3.8, 4) is 5.75 Å². The number of thioether (sulfide) groups is 1. The standard InChI is InChI=1S/C25H24ClN3O4S2/c1-18-23(26)11-6-12-24(18)29(35(31,32)22-9-3-2-4-10-22)15-25(30)28-27-14-19-7-5-8-20(13-19)33-21-16-34-17-21/h2-14,21H,15-17H2,1H3,(H,28,30)/b27-14-. The van der Waals surface area contributed by atoms with Gasteiger partial charge in [0.05, 0.1) is 16.8 Å². The molecule has 0 aliphatic carbocycles. The van der Waals surface area contributed by atoms with Gasteiger partial charge >= 0.3 is 0 Å². The van der Waals surface area contributed by atoms with Crippen LogP contribution in [0.3, 0.4) is 0 Å². The van der Waals surface area contributed by atoms with Crippen molar-refractivity contribution in [1.29, 1.82) is 0 Å². The summed E-state index contributed by atoms with van der Waals surface area (Å²) in [6, 6.07) is 20.3. The Balaban J connectivity index is 1.51. The van der Waals surface area contributed by atoms with Crippen LogP contribution >= 0.6 is 23.4 Å². The number of amides is 1. The first kappa shape index (κ1) is 25.1. The number of carbonyl (C=O) groups excluding carboxylic acids is 1. The number of halogens is 1. The molecule has 3 aromatic rings. The molecule has 1 N–H and O–H groups in total. The summed E-state index contributed by atoms with van der Waals surface area (Å²) in [7, 11) is -4.04. The Bertz CT molecular complexity index is 1330. The van der Waals surface area contributed by atoms with Crippen molar-refractivity contribution in [1.82, 2.24) is 5.43 Å². The molecule has 1 saturated heterocycles. The van der Waals surface area contributed by atoms with Crippen LogP contribution in [-0.4, -0.2) is 44.7 Å². The third-order valence-electron chi connectivity index (χ3n) is 5.30. The molecule has 182 valence electrons. The predicted molar refractivity (Wildman–Crippen MR) is 141 cm³/mol. The summed E-state index contributed by atoms with van der Waals surface area (Å²) in [5.41, 5.74) is 4.03. The van der Waals surface area contributed by atoms with E-state index in [-0.39, 0.29) is 11.0 Å². The van der Waals surface area contributed by atoms with E-state index in [0.29, 0.717) is 16.3 Å². The van der Waals surface area contributed by atoms with E-state index in [4.69, 9.17) is 16.3 Å². The van der Waals surface area contributed by atoms with Crippen molar-refractivity contribution in [2.45, 2.75) is 17.9 Å². The van der Waals surface area contributed by atoms with Crippen molar-refractivity contribution < 1.29 is 17.9 Å². The van der Waals surface area contributed by atoms with Crippen LogP contribution in [0.15, 0.2) is 82.8 Å². The van der Waals surface area contributed by atoms with Crippen LogP contribution in [0.2, 0.25) is 5.02 Å². The summed E-state index contributed by atoms with van der Waals surface area (Å²) in [6.07, 6.45) is 1.71. The zero-order valence-corrected chi connectivity index (χ0v) is 21.3. The van der Waals surface area contributed by atoms with Crippen molar-refractivity contribution >= 4 is 51.2 Å². The number of hydrogen-bond donors (Lipinski definition) is 1. The molecule has 0 aromatic heterocycles. The fourth-order valence-electron chi connectivity index (χ4n) is 3.37. The molecule has 1 aliphatic heterocycles. The number of carbonyl (C=O) groups is 1. The summed E-state index contributed by atoms with van der Waals surface area (Å²) in [5, 5.41) is 4.41. The van der Waals surface area contributed by atoms with Crippen LogP contribution in [0, 0.1) is 6.92 Å². The van der Waals surface area contributed by atoms with Crippen molar-refractivity contribution in [3.05, 3.63) is 88.9 Å². The molecule has 0 radical (unpaired) electrons. The average molecular weight is 530 g/mol. The first-order valence-corrected chi connectivity index (χ1v) is 13.8. The van der Waals surface area contributed by atoms with E-state index >= 15 is 0 Å². The summed E-state index contributed by atoms with van der Waals surface area (Å²) < 4.78 is 33.8. The van der Waals surface area contributed by atoms with E-state index in [9.17, 15) is 13.2 Å². The number of rotatable bonds is 9. The number of nitrogens with zero attached hydrogens (tertiary/aromatic N) is 2. The lowest BCUT2D eigenvalue weighted by molar-refractivity contribution is -0.119. The van der Waals surface area contributed by atoms with Crippen LogP contribution in [0.1, 0.15) is 11.1 Å². The van der Waals surface area contributed by atoms with E-state index in [0.717, 1.165) is 27.1 Å². The lowest BCUT2D eigenvalue weighted by Gasteiger charge is -2.26. The van der Waals surface area contributed by atoms with Crippen molar-refractivity contribution in [2.24, 2.45) is 5.10 Å². The number of nitrogens with one attached hydrogen (secondary N) is 1. The summed E-state index contributed by atoms with van der Waals surface area (Å²) in [6.45, 7) is 1.23.